The van der Waals surface area contributed by atoms with Gasteiger partial charge in [-0.15, -0.1) is 0 Å². The number of hydrogen-bond donors (Lipinski definition) is 3. The molecule has 1 fully saturated rings. The van der Waals surface area contributed by atoms with Crippen LogP contribution in [0.5, 0.6) is 0 Å². The molecule has 0 aromatic heterocycles. The Kier molecular flexibility index (Phi) is 17.7. The number of ether oxygens (including phenoxy) is 2. The van der Waals surface area contributed by atoms with Gasteiger partial charge in [0, 0.05) is 6.61 Å². The van der Waals surface area contributed by atoms with E-state index in [1.54, 1.807) is 0 Å². The molecule has 0 aromatic rings. The zero-order valence-electron chi connectivity index (χ0n) is 19.4. The predicted molar refractivity (Wildman–Crippen MR) is 123 cm³/mol. The van der Waals surface area contributed by atoms with Crippen molar-refractivity contribution in [3.63, 3.8) is 0 Å². The summed E-state index contributed by atoms with van der Waals surface area (Å²) in [6.07, 6.45) is 20.8. The molecule has 0 saturated carbocycles. The highest BCUT2D eigenvalue weighted by Gasteiger charge is 2.38. The maximum absolute atomic E-state index is 10.1. The first-order valence-corrected chi connectivity index (χ1v) is 12.6. The first-order chi connectivity index (χ1) is 14.7. The van der Waals surface area contributed by atoms with Crippen molar-refractivity contribution in [3.05, 3.63) is 12.2 Å². The van der Waals surface area contributed by atoms with E-state index in [1.807, 2.05) is 0 Å². The molecule has 1 heterocycles. The van der Waals surface area contributed by atoms with Crippen molar-refractivity contribution in [2.45, 2.75) is 128 Å². The van der Waals surface area contributed by atoms with Crippen molar-refractivity contribution in [3.8, 4) is 0 Å². The lowest BCUT2D eigenvalue weighted by molar-refractivity contribution is -0.210. The molecule has 0 radical (unpaired) electrons. The van der Waals surface area contributed by atoms with Gasteiger partial charge in [0.2, 0.25) is 0 Å². The summed E-state index contributed by atoms with van der Waals surface area (Å²) in [6.45, 7) is 2.58. The zero-order valence-corrected chi connectivity index (χ0v) is 19.4. The second kappa shape index (κ2) is 19.2. The van der Waals surface area contributed by atoms with E-state index < -0.39 is 24.4 Å². The molecular formula is C25H48O5. The van der Waals surface area contributed by atoms with Crippen LogP contribution < -0.4 is 0 Å². The Balaban J connectivity index is 1.86. The third kappa shape index (κ3) is 13.1. The number of unbranched alkanes of at least 4 members (excludes halogenated alkanes) is 13. The highest BCUT2D eigenvalue weighted by Crippen LogP contribution is 2.19. The molecule has 1 aliphatic heterocycles. The highest BCUT2D eigenvalue weighted by atomic mass is 16.6. The highest BCUT2D eigenvalue weighted by molar-refractivity contribution is 4.88. The van der Waals surface area contributed by atoms with Crippen LogP contribution in [-0.4, -0.2) is 59.6 Å². The van der Waals surface area contributed by atoms with Crippen molar-refractivity contribution in [2.75, 3.05) is 19.8 Å². The van der Waals surface area contributed by atoms with Crippen molar-refractivity contribution in [1.82, 2.24) is 0 Å². The third-order valence-corrected chi connectivity index (χ3v) is 5.97. The van der Waals surface area contributed by atoms with E-state index in [0.717, 1.165) is 19.3 Å². The molecule has 30 heavy (non-hydrogen) atoms. The molecule has 0 spiro atoms. The van der Waals surface area contributed by atoms with Gasteiger partial charge >= 0.3 is 0 Å². The van der Waals surface area contributed by atoms with Crippen LogP contribution in [0.4, 0.5) is 0 Å². The minimum atomic E-state index is -0.986. The predicted octanol–water partition coefficient (Wildman–Crippen LogP) is 4.91. The fraction of sp³-hybridized carbons (Fsp3) is 0.920. The van der Waals surface area contributed by atoms with Gasteiger partial charge in [-0.05, 0) is 25.7 Å². The Bertz CT molecular complexity index is 401. The van der Waals surface area contributed by atoms with Gasteiger partial charge in [0.1, 0.15) is 24.4 Å². The summed E-state index contributed by atoms with van der Waals surface area (Å²) in [7, 11) is 0. The van der Waals surface area contributed by atoms with Crippen LogP contribution in [0.15, 0.2) is 12.2 Å². The Morgan fingerprint density at radius 1 is 0.800 bits per heavy atom. The van der Waals surface area contributed by atoms with Crippen molar-refractivity contribution < 1.29 is 24.8 Å². The molecule has 3 N–H and O–H groups in total. The van der Waals surface area contributed by atoms with Crippen LogP contribution in [0, 0.1) is 0 Å². The minimum absolute atomic E-state index is 0.0892. The number of rotatable bonds is 19. The van der Waals surface area contributed by atoms with Gasteiger partial charge in [-0.2, -0.15) is 0 Å². The van der Waals surface area contributed by atoms with E-state index in [0.29, 0.717) is 6.61 Å². The molecule has 0 aromatic carbocycles. The first-order valence-electron chi connectivity index (χ1n) is 12.6. The third-order valence-electron chi connectivity index (χ3n) is 5.97. The largest absolute Gasteiger partial charge is 0.394 e. The fourth-order valence-corrected chi connectivity index (χ4v) is 3.98. The Morgan fingerprint density at radius 2 is 1.33 bits per heavy atom. The summed E-state index contributed by atoms with van der Waals surface area (Å²) < 4.78 is 10.8. The average Bonchev–Trinajstić information content (AvgIpc) is 2.75. The maximum atomic E-state index is 10.1. The average molecular weight is 429 g/mol. The molecule has 0 bridgehead atoms. The van der Waals surface area contributed by atoms with Gasteiger partial charge in [-0.25, -0.2) is 0 Å². The van der Waals surface area contributed by atoms with Gasteiger partial charge < -0.3 is 24.8 Å². The summed E-state index contributed by atoms with van der Waals surface area (Å²) in [5, 5.41) is 29.1. The second-order valence-electron chi connectivity index (χ2n) is 8.74. The van der Waals surface area contributed by atoms with Crippen LogP contribution in [0.25, 0.3) is 0 Å². The van der Waals surface area contributed by atoms with E-state index in [4.69, 9.17) is 14.6 Å². The Morgan fingerprint density at radius 3 is 1.90 bits per heavy atom. The van der Waals surface area contributed by atoms with Gasteiger partial charge in [-0.3, -0.25) is 0 Å². The minimum Gasteiger partial charge on any atom is -0.394 e. The smallest absolute Gasteiger partial charge is 0.114 e. The topological polar surface area (TPSA) is 79.2 Å². The van der Waals surface area contributed by atoms with Gasteiger partial charge in [-0.1, -0.05) is 89.7 Å². The molecule has 178 valence electrons. The molecule has 1 aliphatic rings. The number of hydrogen-bond acceptors (Lipinski definition) is 5. The first kappa shape index (κ1) is 27.6. The normalized spacial score (nSPS) is 24.7. The van der Waals surface area contributed by atoms with E-state index in [1.165, 1.54) is 77.0 Å². The molecule has 0 amide bonds. The van der Waals surface area contributed by atoms with Crippen molar-refractivity contribution in [2.24, 2.45) is 0 Å². The summed E-state index contributed by atoms with van der Waals surface area (Å²) in [6, 6.07) is 0. The zero-order chi connectivity index (χ0) is 21.9. The maximum Gasteiger partial charge on any atom is 0.114 e. The van der Waals surface area contributed by atoms with Crippen LogP contribution in [0.1, 0.15) is 103 Å². The molecule has 1 saturated heterocycles. The molecule has 5 heteroatoms. The number of aliphatic hydroxyl groups is 3. The van der Waals surface area contributed by atoms with Gasteiger partial charge in [0.25, 0.3) is 0 Å². The lowest BCUT2D eigenvalue weighted by atomic mass is 10.0. The van der Waals surface area contributed by atoms with E-state index in [2.05, 4.69) is 19.1 Å². The summed E-state index contributed by atoms with van der Waals surface area (Å²) >= 11 is 0. The molecule has 0 unspecified atom stereocenters. The van der Waals surface area contributed by atoms with Crippen LogP contribution in [0.3, 0.4) is 0 Å². The molecule has 1 rings (SSSR count). The Hall–Kier alpha value is -0.460. The van der Waals surface area contributed by atoms with E-state index in [-0.39, 0.29) is 13.2 Å². The quantitative estimate of drug-likeness (QED) is 0.201. The second-order valence-corrected chi connectivity index (χ2v) is 8.74. The molecule has 4 atom stereocenters. The summed E-state index contributed by atoms with van der Waals surface area (Å²) in [5.74, 6) is 0. The number of aliphatic hydroxyl groups excluding tert-OH is 3. The monoisotopic (exact) mass is 428 g/mol. The van der Waals surface area contributed by atoms with Crippen LogP contribution in [-0.2, 0) is 9.47 Å². The molecular weight excluding hydrogens is 380 g/mol. The standard InChI is InChI=1S/C25H48O5/c1-2-3-4-5-6-7-8-9-10-11-12-13-14-15-16-17-18-19-29-25-22(27)21-30-23(20-26)24(25)28/h15-16,22-28H,2-14,17-21H2,1H3/b16-15+/t22-,23+,24+,25+/m0/s1. The van der Waals surface area contributed by atoms with Crippen molar-refractivity contribution >= 4 is 0 Å². The molecule has 0 aliphatic carbocycles. The van der Waals surface area contributed by atoms with Gasteiger partial charge in [0.15, 0.2) is 0 Å². The SMILES string of the molecule is CCCCCCCCCCCCCC/C=C/CCCO[C@H]1[C@H](O)[C@@H](CO)OC[C@@H]1O. The van der Waals surface area contributed by atoms with Crippen molar-refractivity contribution in [1.29, 1.82) is 0 Å². The molecule has 5 nitrogen and oxygen atoms in total. The van der Waals surface area contributed by atoms with Crippen LogP contribution in [0.2, 0.25) is 0 Å². The van der Waals surface area contributed by atoms with E-state index in [9.17, 15) is 10.2 Å². The number of allylic oxidation sites excluding steroid dienone is 2. The lowest BCUT2D eigenvalue weighted by Gasteiger charge is -2.37. The fourth-order valence-electron chi connectivity index (χ4n) is 3.98. The summed E-state index contributed by atoms with van der Waals surface area (Å²) in [4.78, 5) is 0. The van der Waals surface area contributed by atoms with Crippen LogP contribution >= 0.6 is 0 Å². The lowest BCUT2D eigenvalue weighted by Crippen LogP contribution is -2.55. The Labute approximate surface area is 184 Å². The van der Waals surface area contributed by atoms with Gasteiger partial charge in [0.05, 0.1) is 13.2 Å². The summed E-state index contributed by atoms with van der Waals surface area (Å²) in [5.41, 5.74) is 0. The van der Waals surface area contributed by atoms with E-state index >= 15 is 0 Å².